The molecule has 4 aromatic rings. The Hall–Kier alpha value is -3.81. The van der Waals surface area contributed by atoms with Crippen LogP contribution in [0.4, 0.5) is 10.5 Å². The number of aromatic nitrogens is 4. The van der Waals surface area contributed by atoms with Gasteiger partial charge in [-0.15, -0.1) is 0 Å². The SMILES string of the molecule is CCn1nc(-c2ccc(C)cc2OC)cc1COC(=O)Nc1ccc2c(c1)nc1n2CCC1. The van der Waals surface area contributed by atoms with Crippen LogP contribution >= 0.6 is 0 Å². The molecule has 2 aromatic heterocycles. The number of fused-ring (bicyclic) bond motifs is 3. The zero-order valence-electron chi connectivity index (χ0n) is 19.1. The Morgan fingerprint density at radius 1 is 1.18 bits per heavy atom. The predicted octanol–water partition coefficient (Wildman–Crippen LogP) is 4.93. The summed E-state index contributed by atoms with van der Waals surface area (Å²) in [7, 11) is 1.65. The van der Waals surface area contributed by atoms with Crippen LogP contribution in [-0.2, 0) is 30.9 Å². The highest BCUT2D eigenvalue weighted by Gasteiger charge is 2.17. The highest BCUT2D eigenvalue weighted by molar-refractivity contribution is 5.89. The molecule has 0 fully saturated rings. The van der Waals surface area contributed by atoms with Gasteiger partial charge >= 0.3 is 6.09 Å². The average Bonchev–Trinajstić information content (AvgIpc) is 3.51. The number of nitrogens with zero attached hydrogens (tertiary/aromatic N) is 4. The lowest BCUT2D eigenvalue weighted by atomic mass is 10.1. The molecule has 0 unspecified atom stereocenters. The minimum absolute atomic E-state index is 0.113. The lowest BCUT2D eigenvalue weighted by Gasteiger charge is -2.08. The van der Waals surface area contributed by atoms with Crippen LogP contribution in [0.1, 0.15) is 30.4 Å². The first-order chi connectivity index (χ1) is 16.1. The van der Waals surface area contributed by atoms with Crippen LogP contribution in [0.3, 0.4) is 0 Å². The van der Waals surface area contributed by atoms with Gasteiger partial charge in [-0.2, -0.15) is 5.10 Å². The number of methoxy groups -OCH3 is 1. The molecule has 0 radical (unpaired) electrons. The van der Waals surface area contributed by atoms with Crippen molar-refractivity contribution in [3.05, 3.63) is 59.5 Å². The summed E-state index contributed by atoms with van der Waals surface area (Å²) >= 11 is 0. The van der Waals surface area contributed by atoms with Gasteiger partial charge in [0.05, 0.1) is 29.5 Å². The summed E-state index contributed by atoms with van der Waals surface area (Å²) in [5.41, 5.74) is 6.27. The zero-order valence-corrected chi connectivity index (χ0v) is 19.1. The largest absolute Gasteiger partial charge is 0.496 e. The third kappa shape index (κ3) is 4.04. The molecule has 0 bridgehead atoms. The minimum Gasteiger partial charge on any atom is -0.496 e. The van der Waals surface area contributed by atoms with E-state index in [1.807, 2.05) is 61.0 Å². The second-order valence-corrected chi connectivity index (χ2v) is 8.23. The van der Waals surface area contributed by atoms with E-state index >= 15 is 0 Å². The molecule has 0 saturated heterocycles. The molecule has 2 aromatic carbocycles. The van der Waals surface area contributed by atoms with Crippen LogP contribution < -0.4 is 10.1 Å². The van der Waals surface area contributed by atoms with Gasteiger partial charge in [0.1, 0.15) is 18.2 Å². The summed E-state index contributed by atoms with van der Waals surface area (Å²) < 4.78 is 15.1. The molecule has 1 N–H and O–H groups in total. The van der Waals surface area contributed by atoms with Gasteiger partial charge in [0, 0.05) is 30.8 Å². The highest BCUT2D eigenvalue weighted by Crippen LogP contribution is 2.31. The maximum absolute atomic E-state index is 12.5. The lowest BCUT2D eigenvalue weighted by molar-refractivity contribution is 0.151. The average molecular weight is 446 g/mol. The Bertz CT molecular complexity index is 1340. The number of ether oxygens (including phenoxy) is 2. The van der Waals surface area contributed by atoms with Crippen LogP contribution in [-0.4, -0.2) is 32.5 Å². The molecule has 1 amide bonds. The minimum atomic E-state index is -0.514. The van der Waals surface area contributed by atoms with E-state index in [0.29, 0.717) is 12.2 Å². The van der Waals surface area contributed by atoms with Gasteiger partial charge < -0.3 is 14.0 Å². The van der Waals surface area contributed by atoms with Crippen LogP contribution in [0, 0.1) is 6.92 Å². The van der Waals surface area contributed by atoms with E-state index in [4.69, 9.17) is 9.47 Å². The number of hydrogen-bond donors (Lipinski definition) is 1. The van der Waals surface area contributed by atoms with Crippen molar-refractivity contribution < 1.29 is 14.3 Å². The Balaban J connectivity index is 1.28. The standard InChI is InChI=1S/C25H27N5O3/c1-4-30-18(14-20(28-30)19-9-7-16(2)12-23(19)32-3)15-33-25(31)26-17-8-10-22-21(13-17)27-24-6-5-11-29(22)24/h7-10,12-14H,4-6,11,15H2,1-3H3,(H,26,31). The van der Waals surface area contributed by atoms with Gasteiger partial charge in [-0.3, -0.25) is 10.00 Å². The molecule has 0 aliphatic carbocycles. The number of carbonyl (C=O) groups is 1. The molecule has 0 atom stereocenters. The lowest BCUT2D eigenvalue weighted by Crippen LogP contribution is -2.15. The predicted molar refractivity (Wildman–Crippen MR) is 126 cm³/mol. The number of rotatable bonds is 6. The molecule has 33 heavy (non-hydrogen) atoms. The molecule has 170 valence electrons. The maximum Gasteiger partial charge on any atom is 0.412 e. The Morgan fingerprint density at radius 3 is 2.88 bits per heavy atom. The normalized spacial score (nSPS) is 12.7. The molecule has 0 spiro atoms. The van der Waals surface area contributed by atoms with E-state index in [9.17, 15) is 4.79 Å². The molecule has 5 rings (SSSR count). The molecule has 1 aliphatic rings. The van der Waals surface area contributed by atoms with E-state index in [1.54, 1.807) is 7.11 Å². The fraction of sp³-hybridized carbons (Fsp3) is 0.320. The summed E-state index contributed by atoms with van der Waals surface area (Å²) in [6.45, 7) is 5.80. The first-order valence-electron chi connectivity index (χ1n) is 11.2. The fourth-order valence-corrected chi connectivity index (χ4v) is 4.37. The quantitative estimate of drug-likeness (QED) is 0.455. The zero-order chi connectivity index (χ0) is 22.9. The maximum atomic E-state index is 12.5. The van der Waals surface area contributed by atoms with Crippen LogP contribution in [0.5, 0.6) is 5.75 Å². The van der Waals surface area contributed by atoms with E-state index in [-0.39, 0.29) is 6.61 Å². The van der Waals surface area contributed by atoms with Crippen molar-refractivity contribution in [1.29, 1.82) is 0 Å². The summed E-state index contributed by atoms with van der Waals surface area (Å²) in [5.74, 6) is 1.88. The molecule has 0 saturated carbocycles. The number of carbonyl (C=O) groups excluding carboxylic acids is 1. The number of aryl methyl sites for hydroxylation is 4. The summed E-state index contributed by atoms with van der Waals surface area (Å²) in [6.07, 6.45) is 1.62. The van der Waals surface area contributed by atoms with Gasteiger partial charge in [0.15, 0.2) is 0 Å². The Kier molecular flexibility index (Phi) is 5.50. The number of hydrogen-bond acceptors (Lipinski definition) is 5. The molecule has 8 heteroatoms. The number of anilines is 1. The molecule has 3 heterocycles. The Morgan fingerprint density at radius 2 is 2.06 bits per heavy atom. The molecule has 8 nitrogen and oxygen atoms in total. The van der Waals surface area contributed by atoms with Gasteiger partial charge in [-0.25, -0.2) is 9.78 Å². The molecular weight excluding hydrogens is 418 g/mol. The highest BCUT2D eigenvalue weighted by atomic mass is 16.5. The third-order valence-electron chi connectivity index (χ3n) is 6.00. The van der Waals surface area contributed by atoms with Crippen molar-refractivity contribution in [3.8, 4) is 17.0 Å². The smallest absolute Gasteiger partial charge is 0.412 e. The monoisotopic (exact) mass is 445 g/mol. The van der Waals surface area contributed by atoms with Crippen molar-refractivity contribution in [2.45, 2.75) is 46.4 Å². The number of imidazole rings is 1. The van der Waals surface area contributed by atoms with Crippen LogP contribution in [0.15, 0.2) is 42.5 Å². The van der Waals surface area contributed by atoms with Crippen LogP contribution in [0.25, 0.3) is 22.3 Å². The van der Waals surface area contributed by atoms with Crippen LogP contribution in [0.2, 0.25) is 0 Å². The summed E-state index contributed by atoms with van der Waals surface area (Å²) in [5, 5.41) is 7.48. The summed E-state index contributed by atoms with van der Waals surface area (Å²) in [4.78, 5) is 17.1. The number of benzene rings is 2. The summed E-state index contributed by atoms with van der Waals surface area (Å²) in [6, 6.07) is 13.7. The van der Waals surface area contributed by atoms with Gasteiger partial charge in [-0.05, 0) is 62.2 Å². The van der Waals surface area contributed by atoms with Crippen molar-refractivity contribution in [3.63, 3.8) is 0 Å². The number of nitrogens with one attached hydrogen (secondary N) is 1. The van der Waals surface area contributed by atoms with Crippen molar-refractivity contribution >= 4 is 22.8 Å². The van der Waals surface area contributed by atoms with E-state index in [2.05, 4.69) is 20.0 Å². The first kappa shape index (κ1) is 21.1. The second-order valence-electron chi connectivity index (χ2n) is 8.23. The van der Waals surface area contributed by atoms with Crippen molar-refractivity contribution in [1.82, 2.24) is 19.3 Å². The topological polar surface area (TPSA) is 83.2 Å². The molecule has 1 aliphatic heterocycles. The first-order valence-corrected chi connectivity index (χ1v) is 11.2. The van der Waals surface area contributed by atoms with Crippen molar-refractivity contribution in [2.75, 3.05) is 12.4 Å². The van der Waals surface area contributed by atoms with E-state index < -0.39 is 6.09 Å². The van der Waals surface area contributed by atoms with Gasteiger partial charge in [-0.1, -0.05) is 6.07 Å². The van der Waals surface area contributed by atoms with E-state index in [0.717, 1.165) is 64.5 Å². The van der Waals surface area contributed by atoms with Crippen molar-refractivity contribution in [2.24, 2.45) is 0 Å². The second kappa shape index (κ2) is 8.61. The van der Waals surface area contributed by atoms with Gasteiger partial charge in [0.2, 0.25) is 0 Å². The van der Waals surface area contributed by atoms with Gasteiger partial charge in [0.25, 0.3) is 0 Å². The third-order valence-corrected chi connectivity index (χ3v) is 6.00. The fourth-order valence-electron chi connectivity index (χ4n) is 4.37. The Labute approximate surface area is 192 Å². The van der Waals surface area contributed by atoms with E-state index in [1.165, 1.54) is 0 Å². The number of amides is 1. The molecular formula is C25H27N5O3.